The van der Waals surface area contributed by atoms with Crippen LogP contribution in [0.15, 0.2) is 30.3 Å². The number of piperazine rings is 1. The second-order valence-corrected chi connectivity index (χ2v) is 7.74. The van der Waals surface area contributed by atoms with Crippen LogP contribution in [0.3, 0.4) is 0 Å². The minimum atomic E-state index is 0.164. The van der Waals surface area contributed by atoms with Crippen molar-refractivity contribution >= 4 is 21.5 Å². The number of ether oxygens (including phenoxy) is 3. The van der Waals surface area contributed by atoms with E-state index in [0.29, 0.717) is 5.75 Å². The monoisotopic (exact) mass is 394 g/mol. The summed E-state index contributed by atoms with van der Waals surface area (Å²) in [4.78, 5) is 4.97. The summed E-state index contributed by atoms with van der Waals surface area (Å²) in [7, 11) is 1.58. The van der Waals surface area contributed by atoms with Gasteiger partial charge in [0.25, 0.3) is 0 Å². The highest BCUT2D eigenvalue weighted by molar-refractivity contribution is 6.11. The number of rotatable bonds is 4. The van der Waals surface area contributed by atoms with Gasteiger partial charge in [0.1, 0.15) is 0 Å². The third-order valence-corrected chi connectivity index (χ3v) is 6.14. The largest absolute Gasteiger partial charge is 0.504 e. The lowest BCUT2D eigenvalue weighted by molar-refractivity contribution is 0.132. The molecule has 0 aromatic heterocycles. The van der Waals surface area contributed by atoms with Gasteiger partial charge in [0, 0.05) is 32.7 Å². The zero-order chi connectivity index (χ0) is 20.0. The lowest BCUT2D eigenvalue weighted by atomic mass is 9.95. The molecule has 152 valence electrons. The molecule has 0 aliphatic carbocycles. The maximum Gasteiger partial charge on any atom is 0.231 e. The van der Waals surface area contributed by atoms with Gasteiger partial charge in [0.05, 0.1) is 7.11 Å². The molecule has 6 heteroatoms. The Bertz CT molecular complexity index is 1070. The summed E-state index contributed by atoms with van der Waals surface area (Å²) in [6.07, 6.45) is 0. The molecule has 0 atom stereocenters. The number of nitrogens with zero attached hydrogens (tertiary/aromatic N) is 2. The Morgan fingerprint density at radius 1 is 0.897 bits per heavy atom. The number of likely N-dealkylation sites (N-methyl/N-ethyl adjacent to an activating group) is 1. The summed E-state index contributed by atoms with van der Waals surface area (Å²) in [5, 5.41) is 14.7. The number of benzene rings is 3. The molecule has 0 spiro atoms. The molecule has 1 N–H and O–H groups in total. The highest BCUT2D eigenvalue weighted by atomic mass is 16.7. The van der Waals surface area contributed by atoms with E-state index in [1.54, 1.807) is 7.11 Å². The number of phenols is 1. The molecule has 2 aliphatic heterocycles. The number of fused-ring (bicyclic) bond motifs is 4. The van der Waals surface area contributed by atoms with Crippen molar-refractivity contribution in [1.82, 2.24) is 9.80 Å². The average Bonchev–Trinajstić information content (AvgIpc) is 3.20. The van der Waals surface area contributed by atoms with Crippen LogP contribution in [0.2, 0.25) is 0 Å². The fourth-order valence-corrected chi connectivity index (χ4v) is 4.43. The molecule has 1 fully saturated rings. The van der Waals surface area contributed by atoms with Crippen LogP contribution in [0.4, 0.5) is 0 Å². The number of hydrogen-bond donors (Lipinski definition) is 1. The van der Waals surface area contributed by atoms with Crippen LogP contribution in [-0.2, 0) is 6.54 Å². The van der Waals surface area contributed by atoms with Gasteiger partial charge in [-0.25, -0.2) is 0 Å². The van der Waals surface area contributed by atoms with Gasteiger partial charge in [-0.2, -0.15) is 0 Å². The maximum absolute atomic E-state index is 10.4. The van der Waals surface area contributed by atoms with Gasteiger partial charge in [-0.1, -0.05) is 6.92 Å². The molecule has 29 heavy (non-hydrogen) atoms. The number of aromatic hydroxyl groups is 1. The van der Waals surface area contributed by atoms with Gasteiger partial charge in [-0.3, -0.25) is 4.90 Å². The van der Waals surface area contributed by atoms with Gasteiger partial charge in [-0.15, -0.1) is 0 Å². The lowest BCUT2D eigenvalue weighted by Gasteiger charge is -2.34. The molecule has 3 aromatic rings. The van der Waals surface area contributed by atoms with Crippen molar-refractivity contribution in [2.45, 2.75) is 13.5 Å². The van der Waals surface area contributed by atoms with E-state index in [1.807, 2.05) is 18.2 Å². The van der Waals surface area contributed by atoms with E-state index in [1.165, 1.54) is 5.56 Å². The summed E-state index contributed by atoms with van der Waals surface area (Å²) >= 11 is 0. The maximum atomic E-state index is 10.4. The summed E-state index contributed by atoms with van der Waals surface area (Å²) in [5.74, 6) is 2.18. The number of methoxy groups -OCH3 is 1. The smallest absolute Gasteiger partial charge is 0.231 e. The fraction of sp³-hybridized carbons (Fsp3) is 0.391. The highest BCUT2D eigenvalue weighted by Gasteiger charge is 2.20. The van der Waals surface area contributed by atoms with Gasteiger partial charge in [0.2, 0.25) is 6.79 Å². The standard InChI is InChI=1S/C23H26N2O4/c1-3-24-4-6-25(7-5-24)13-16-8-15-9-22-23(29-14-28-22)11-18(15)19-12-21(27-2)20(26)10-17(16)19/h8-12,26H,3-7,13-14H2,1-2H3. The first-order valence-electron chi connectivity index (χ1n) is 10.2. The Hall–Kier alpha value is -2.70. The van der Waals surface area contributed by atoms with Crippen LogP contribution < -0.4 is 14.2 Å². The Morgan fingerprint density at radius 2 is 1.62 bits per heavy atom. The Balaban J connectivity index is 1.63. The zero-order valence-electron chi connectivity index (χ0n) is 16.9. The summed E-state index contributed by atoms with van der Waals surface area (Å²) in [6, 6.07) is 10.1. The first-order chi connectivity index (χ1) is 14.2. The van der Waals surface area contributed by atoms with Crippen molar-refractivity contribution in [3.8, 4) is 23.0 Å². The summed E-state index contributed by atoms with van der Waals surface area (Å²) in [6.45, 7) is 8.72. The Morgan fingerprint density at radius 3 is 2.34 bits per heavy atom. The molecule has 0 bridgehead atoms. The third kappa shape index (κ3) is 3.22. The topological polar surface area (TPSA) is 54.4 Å². The molecule has 1 saturated heterocycles. The predicted octanol–water partition coefficient (Wildman–Crippen LogP) is 3.57. The fourth-order valence-electron chi connectivity index (χ4n) is 4.43. The molecule has 0 unspecified atom stereocenters. The quantitative estimate of drug-likeness (QED) is 0.683. The highest BCUT2D eigenvalue weighted by Crippen LogP contribution is 2.42. The van der Waals surface area contributed by atoms with Crippen LogP contribution in [0.25, 0.3) is 21.5 Å². The first-order valence-corrected chi connectivity index (χ1v) is 10.2. The Labute approximate surface area is 170 Å². The van der Waals surface area contributed by atoms with E-state index in [-0.39, 0.29) is 12.5 Å². The van der Waals surface area contributed by atoms with Crippen LogP contribution in [0, 0.1) is 0 Å². The van der Waals surface area contributed by atoms with Gasteiger partial charge >= 0.3 is 0 Å². The van der Waals surface area contributed by atoms with E-state index in [4.69, 9.17) is 14.2 Å². The Kier molecular flexibility index (Phi) is 4.60. The van der Waals surface area contributed by atoms with Crippen LogP contribution >= 0.6 is 0 Å². The molecule has 2 heterocycles. The molecule has 3 aromatic carbocycles. The van der Waals surface area contributed by atoms with E-state index in [9.17, 15) is 5.11 Å². The van der Waals surface area contributed by atoms with Crippen LogP contribution in [-0.4, -0.2) is 61.5 Å². The summed E-state index contributed by atoms with van der Waals surface area (Å²) < 4.78 is 16.6. The summed E-state index contributed by atoms with van der Waals surface area (Å²) in [5.41, 5.74) is 1.20. The van der Waals surface area contributed by atoms with Crippen molar-refractivity contribution in [2.75, 3.05) is 46.6 Å². The lowest BCUT2D eigenvalue weighted by Crippen LogP contribution is -2.45. The van der Waals surface area contributed by atoms with Crippen molar-refractivity contribution < 1.29 is 19.3 Å². The second kappa shape index (κ2) is 7.28. The second-order valence-electron chi connectivity index (χ2n) is 7.74. The van der Waals surface area contributed by atoms with Gasteiger partial charge in [0.15, 0.2) is 23.0 Å². The average molecular weight is 394 g/mol. The van der Waals surface area contributed by atoms with Gasteiger partial charge < -0.3 is 24.2 Å². The van der Waals surface area contributed by atoms with Crippen molar-refractivity contribution in [3.63, 3.8) is 0 Å². The minimum absolute atomic E-state index is 0.164. The molecule has 0 saturated carbocycles. The van der Waals surface area contributed by atoms with Crippen molar-refractivity contribution in [3.05, 3.63) is 35.9 Å². The van der Waals surface area contributed by atoms with E-state index < -0.39 is 0 Å². The van der Waals surface area contributed by atoms with E-state index >= 15 is 0 Å². The van der Waals surface area contributed by atoms with Crippen LogP contribution in [0.1, 0.15) is 12.5 Å². The SMILES string of the molecule is CCN1CCN(Cc2cc3cc4c(cc3c3cc(OC)c(O)cc23)OCO4)CC1. The zero-order valence-corrected chi connectivity index (χ0v) is 16.9. The third-order valence-electron chi connectivity index (χ3n) is 6.14. The molecular weight excluding hydrogens is 368 g/mol. The molecule has 5 rings (SSSR count). The predicted molar refractivity (Wildman–Crippen MR) is 113 cm³/mol. The van der Waals surface area contributed by atoms with Crippen molar-refractivity contribution in [1.29, 1.82) is 0 Å². The normalized spacial score (nSPS) is 17.3. The van der Waals surface area contributed by atoms with E-state index in [2.05, 4.69) is 28.9 Å². The number of hydrogen-bond acceptors (Lipinski definition) is 6. The van der Waals surface area contributed by atoms with Crippen LogP contribution in [0.5, 0.6) is 23.0 Å². The van der Waals surface area contributed by atoms with Crippen molar-refractivity contribution in [2.24, 2.45) is 0 Å². The molecular formula is C23H26N2O4. The molecule has 2 aliphatic rings. The molecule has 0 amide bonds. The van der Waals surface area contributed by atoms with E-state index in [0.717, 1.165) is 72.3 Å². The first kappa shape index (κ1) is 18.3. The number of phenolic OH excluding ortho intramolecular Hbond substituents is 1. The minimum Gasteiger partial charge on any atom is -0.504 e. The molecule has 0 radical (unpaired) electrons. The molecule has 6 nitrogen and oxygen atoms in total. The van der Waals surface area contributed by atoms with Gasteiger partial charge in [-0.05, 0) is 64.0 Å².